The summed E-state index contributed by atoms with van der Waals surface area (Å²) in [6, 6.07) is 24.9. The Kier molecular flexibility index (Phi) is 5.06. The molecule has 1 amide bonds. The van der Waals surface area contributed by atoms with Crippen LogP contribution in [0.15, 0.2) is 83.3 Å². The van der Waals surface area contributed by atoms with Gasteiger partial charge in [0.2, 0.25) is 5.89 Å². The maximum absolute atomic E-state index is 12.2. The van der Waals surface area contributed by atoms with Gasteiger partial charge in [0.25, 0.3) is 5.91 Å². The fourth-order valence-corrected chi connectivity index (χ4v) is 2.94. The predicted molar refractivity (Wildman–Crippen MR) is 108 cm³/mol. The lowest BCUT2D eigenvalue weighted by Crippen LogP contribution is -2.31. The summed E-state index contributed by atoms with van der Waals surface area (Å²) in [5.74, 6) is 0.882. The summed E-state index contributed by atoms with van der Waals surface area (Å²) in [5, 5.41) is 2.84. The summed E-state index contributed by atoms with van der Waals surface area (Å²) in [4.78, 5) is 16.6. The number of carbonyl (C=O) groups is 1. The monoisotopic (exact) mass is 372 g/mol. The maximum Gasteiger partial charge on any atom is 0.258 e. The number of nitrogens with one attached hydrogen (secondary N) is 1. The normalized spacial score (nSPS) is 11.9. The van der Waals surface area contributed by atoms with Crippen molar-refractivity contribution in [2.75, 3.05) is 6.61 Å². The van der Waals surface area contributed by atoms with Gasteiger partial charge in [-0.25, -0.2) is 4.98 Å². The van der Waals surface area contributed by atoms with Gasteiger partial charge in [-0.1, -0.05) is 54.6 Å². The molecule has 5 nitrogen and oxygen atoms in total. The second kappa shape index (κ2) is 7.96. The molecular formula is C23H20N2O3. The minimum Gasteiger partial charge on any atom is -0.484 e. The third-order valence-corrected chi connectivity index (χ3v) is 4.39. The van der Waals surface area contributed by atoms with Crippen LogP contribution in [-0.2, 0) is 4.79 Å². The van der Waals surface area contributed by atoms with Crippen LogP contribution in [0.3, 0.4) is 0 Å². The Balaban J connectivity index is 1.32. The van der Waals surface area contributed by atoms with Crippen LogP contribution in [0.2, 0.25) is 0 Å². The van der Waals surface area contributed by atoms with E-state index in [1.807, 2.05) is 73.7 Å². The van der Waals surface area contributed by atoms with Gasteiger partial charge in [0.1, 0.15) is 17.3 Å². The minimum atomic E-state index is -0.344. The number of hydrogen-bond acceptors (Lipinski definition) is 4. The van der Waals surface area contributed by atoms with E-state index in [-0.39, 0.29) is 18.6 Å². The highest BCUT2D eigenvalue weighted by molar-refractivity contribution is 5.78. The summed E-state index contributed by atoms with van der Waals surface area (Å²) in [6.45, 7) is 1.76. The number of para-hydroxylation sites is 2. The van der Waals surface area contributed by atoms with E-state index in [9.17, 15) is 4.79 Å². The first-order chi connectivity index (χ1) is 13.7. The minimum absolute atomic E-state index is 0.0742. The average molecular weight is 372 g/mol. The largest absolute Gasteiger partial charge is 0.484 e. The molecule has 28 heavy (non-hydrogen) atoms. The van der Waals surface area contributed by atoms with Crippen LogP contribution in [0.4, 0.5) is 0 Å². The van der Waals surface area contributed by atoms with Gasteiger partial charge in [0, 0.05) is 0 Å². The van der Waals surface area contributed by atoms with Crippen molar-refractivity contribution in [3.63, 3.8) is 0 Å². The average Bonchev–Trinajstić information content (AvgIpc) is 3.18. The van der Waals surface area contributed by atoms with E-state index in [2.05, 4.69) is 22.4 Å². The Hall–Kier alpha value is -3.60. The first-order valence-corrected chi connectivity index (χ1v) is 9.12. The molecule has 1 unspecified atom stereocenters. The quantitative estimate of drug-likeness (QED) is 0.530. The van der Waals surface area contributed by atoms with E-state index in [0.29, 0.717) is 17.2 Å². The third-order valence-electron chi connectivity index (χ3n) is 4.39. The van der Waals surface area contributed by atoms with Crippen LogP contribution in [-0.4, -0.2) is 17.5 Å². The Bertz CT molecular complexity index is 1040. The molecule has 1 heterocycles. The molecule has 1 atom stereocenters. The van der Waals surface area contributed by atoms with Gasteiger partial charge in [-0.2, -0.15) is 0 Å². The lowest BCUT2D eigenvalue weighted by atomic mass is 10.1. The molecule has 0 saturated heterocycles. The highest BCUT2D eigenvalue weighted by atomic mass is 16.5. The summed E-state index contributed by atoms with van der Waals surface area (Å²) in [5.41, 5.74) is 3.71. The SMILES string of the molecule is CC(NC(=O)COc1ccc(-c2ccccc2)cc1)c1nc2ccccc2o1. The van der Waals surface area contributed by atoms with Crippen molar-refractivity contribution in [3.05, 3.63) is 84.8 Å². The van der Waals surface area contributed by atoms with Crippen molar-refractivity contribution in [2.24, 2.45) is 0 Å². The van der Waals surface area contributed by atoms with E-state index in [0.717, 1.165) is 16.6 Å². The van der Waals surface area contributed by atoms with Crippen LogP contribution in [0, 0.1) is 0 Å². The Morgan fingerprint density at radius 2 is 1.64 bits per heavy atom. The van der Waals surface area contributed by atoms with Crippen LogP contribution < -0.4 is 10.1 Å². The number of rotatable bonds is 6. The smallest absolute Gasteiger partial charge is 0.258 e. The van der Waals surface area contributed by atoms with E-state index >= 15 is 0 Å². The summed E-state index contributed by atoms with van der Waals surface area (Å²) in [6.07, 6.45) is 0. The van der Waals surface area contributed by atoms with Crippen molar-refractivity contribution in [1.29, 1.82) is 0 Å². The molecule has 0 saturated carbocycles. The first-order valence-electron chi connectivity index (χ1n) is 9.12. The lowest BCUT2D eigenvalue weighted by molar-refractivity contribution is -0.123. The maximum atomic E-state index is 12.2. The molecule has 0 aliphatic heterocycles. The van der Waals surface area contributed by atoms with Crippen LogP contribution in [0.25, 0.3) is 22.2 Å². The van der Waals surface area contributed by atoms with E-state index in [1.165, 1.54) is 0 Å². The third kappa shape index (κ3) is 4.04. The van der Waals surface area contributed by atoms with Crippen LogP contribution >= 0.6 is 0 Å². The standard InChI is InChI=1S/C23H20N2O3/c1-16(23-25-20-9-5-6-10-21(20)28-23)24-22(26)15-27-19-13-11-18(12-14-19)17-7-3-2-4-8-17/h2-14,16H,15H2,1H3,(H,24,26). The molecule has 0 radical (unpaired) electrons. The Morgan fingerprint density at radius 1 is 0.964 bits per heavy atom. The fraction of sp³-hybridized carbons (Fsp3) is 0.130. The van der Waals surface area contributed by atoms with Crippen molar-refractivity contribution in [2.45, 2.75) is 13.0 Å². The van der Waals surface area contributed by atoms with Crippen molar-refractivity contribution in [3.8, 4) is 16.9 Å². The van der Waals surface area contributed by atoms with E-state index in [4.69, 9.17) is 9.15 Å². The summed E-state index contributed by atoms with van der Waals surface area (Å²) < 4.78 is 11.3. The number of benzene rings is 3. The van der Waals surface area contributed by atoms with Crippen molar-refractivity contribution >= 4 is 17.0 Å². The summed E-state index contributed by atoms with van der Waals surface area (Å²) >= 11 is 0. The van der Waals surface area contributed by atoms with Gasteiger partial charge in [-0.05, 0) is 42.3 Å². The number of carbonyl (C=O) groups excluding carboxylic acids is 1. The number of fused-ring (bicyclic) bond motifs is 1. The van der Waals surface area contributed by atoms with E-state index < -0.39 is 0 Å². The number of nitrogens with zero attached hydrogens (tertiary/aromatic N) is 1. The molecule has 0 bridgehead atoms. The van der Waals surface area contributed by atoms with Gasteiger partial charge in [-0.15, -0.1) is 0 Å². The van der Waals surface area contributed by atoms with E-state index in [1.54, 1.807) is 0 Å². The topological polar surface area (TPSA) is 64.4 Å². The van der Waals surface area contributed by atoms with Gasteiger partial charge in [0.05, 0.1) is 0 Å². The number of aromatic nitrogens is 1. The predicted octanol–water partition coefficient (Wildman–Crippen LogP) is 4.75. The lowest BCUT2D eigenvalue weighted by Gasteiger charge is -2.11. The van der Waals surface area contributed by atoms with Gasteiger partial charge in [0.15, 0.2) is 12.2 Å². The molecular weight excluding hydrogens is 352 g/mol. The highest BCUT2D eigenvalue weighted by Crippen LogP contribution is 2.22. The molecule has 140 valence electrons. The first kappa shape index (κ1) is 17.8. The van der Waals surface area contributed by atoms with Crippen LogP contribution in [0.1, 0.15) is 18.9 Å². The Morgan fingerprint density at radius 3 is 2.39 bits per heavy atom. The highest BCUT2D eigenvalue weighted by Gasteiger charge is 2.16. The summed E-state index contributed by atoms with van der Waals surface area (Å²) in [7, 11) is 0. The second-order valence-corrected chi connectivity index (χ2v) is 6.49. The number of ether oxygens (including phenoxy) is 1. The molecule has 0 aliphatic carbocycles. The zero-order chi connectivity index (χ0) is 19.3. The molecule has 5 heteroatoms. The van der Waals surface area contributed by atoms with Gasteiger partial charge < -0.3 is 14.5 Å². The van der Waals surface area contributed by atoms with Crippen molar-refractivity contribution < 1.29 is 13.9 Å². The van der Waals surface area contributed by atoms with Crippen molar-refractivity contribution in [1.82, 2.24) is 10.3 Å². The molecule has 4 rings (SSSR count). The number of hydrogen-bond donors (Lipinski definition) is 1. The molecule has 0 fully saturated rings. The number of amides is 1. The van der Waals surface area contributed by atoms with Gasteiger partial charge in [-0.3, -0.25) is 4.79 Å². The zero-order valence-corrected chi connectivity index (χ0v) is 15.5. The molecule has 3 aromatic carbocycles. The molecule has 0 aliphatic rings. The van der Waals surface area contributed by atoms with Crippen LogP contribution in [0.5, 0.6) is 5.75 Å². The molecule has 4 aromatic rings. The Labute approximate surface area is 163 Å². The number of oxazole rings is 1. The fourth-order valence-electron chi connectivity index (χ4n) is 2.94. The second-order valence-electron chi connectivity index (χ2n) is 6.49. The van der Waals surface area contributed by atoms with Gasteiger partial charge >= 0.3 is 0 Å². The zero-order valence-electron chi connectivity index (χ0n) is 15.5. The molecule has 0 spiro atoms. The molecule has 1 N–H and O–H groups in total. The molecule has 1 aromatic heterocycles.